The van der Waals surface area contributed by atoms with E-state index in [4.69, 9.17) is 14.7 Å². The van der Waals surface area contributed by atoms with E-state index >= 15 is 0 Å². The molecule has 0 N–H and O–H groups in total. The van der Waals surface area contributed by atoms with Crippen LogP contribution >= 0.6 is 11.3 Å². The highest BCUT2D eigenvalue weighted by Gasteiger charge is 2.23. The molecule has 0 amide bonds. The number of anilines is 2. The van der Waals surface area contributed by atoms with Crippen LogP contribution in [0.4, 0.5) is 11.5 Å². The van der Waals surface area contributed by atoms with Crippen molar-refractivity contribution in [1.29, 1.82) is 0 Å². The average molecular weight is 432 g/mol. The van der Waals surface area contributed by atoms with Gasteiger partial charge in [0, 0.05) is 49.0 Å². The molecule has 0 unspecified atom stereocenters. The van der Waals surface area contributed by atoms with E-state index in [1.807, 2.05) is 30.5 Å². The summed E-state index contributed by atoms with van der Waals surface area (Å²) in [6.45, 7) is 5.81. The Balaban J connectivity index is 1.48. The van der Waals surface area contributed by atoms with Crippen molar-refractivity contribution in [1.82, 2.24) is 15.0 Å². The van der Waals surface area contributed by atoms with Crippen LogP contribution in [0.2, 0.25) is 0 Å². The van der Waals surface area contributed by atoms with Gasteiger partial charge in [-0.2, -0.15) is 0 Å². The lowest BCUT2D eigenvalue weighted by molar-refractivity contribution is 0.413. The highest BCUT2D eigenvalue weighted by Crippen LogP contribution is 2.35. The molecule has 1 aromatic carbocycles. The Hall–Kier alpha value is -3.19. The number of hydrogen-bond donors (Lipinski definition) is 0. The first-order chi connectivity index (χ1) is 15.3. The summed E-state index contributed by atoms with van der Waals surface area (Å²) in [6, 6.07) is 14.4. The van der Waals surface area contributed by atoms with Gasteiger partial charge in [0.2, 0.25) is 0 Å². The lowest BCUT2D eigenvalue weighted by Gasteiger charge is -2.37. The van der Waals surface area contributed by atoms with Crippen LogP contribution in [0.5, 0.6) is 5.75 Å². The minimum Gasteiger partial charge on any atom is -0.495 e. The van der Waals surface area contributed by atoms with Gasteiger partial charge in [-0.1, -0.05) is 19.1 Å². The van der Waals surface area contributed by atoms with Gasteiger partial charge in [-0.3, -0.25) is 4.98 Å². The second-order valence-corrected chi connectivity index (χ2v) is 8.66. The third-order valence-corrected chi connectivity index (χ3v) is 6.87. The van der Waals surface area contributed by atoms with Crippen LogP contribution in [0.25, 0.3) is 21.6 Å². The molecule has 1 aliphatic rings. The molecule has 5 rings (SSSR count). The zero-order chi connectivity index (χ0) is 21.2. The van der Waals surface area contributed by atoms with Gasteiger partial charge in [-0.25, -0.2) is 9.97 Å². The number of aromatic nitrogens is 3. The molecule has 6 nitrogen and oxygen atoms in total. The molecule has 0 aliphatic carbocycles. The summed E-state index contributed by atoms with van der Waals surface area (Å²) >= 11 is 1.76. The van der Waals surface area contributed by atoms with Crippen molar-refractivity contribution in [3.05, 3.63) is 59.7 Å². The number of ether oxygens (including phenoxy) is 1. The summed E-state index contributed by atoms with van der Waals surface area (Å²) in [5.41, 5.74) is 2.10. The van der Waals surface area contributed by atoms with Crippen molar-refractivity contribution >= 4 is 33.1 Å². The zero-order valence-corrected chi connectivity index (χ0v) is 18.6. The first-order valence-electron chi connectivity index (χ1n) is 10.6. The summed E-state index contributed by atoms with van der Waals surface area (Å²) < 4.78 is 5.57. The van der Waals surface area contributed by atoms with Crippen LogP contribution in [-0.2, 0) is 6.42 Å². The van der Waals surface area contributed by atoms with Gasteiger partial charge < -0.3 is 14.5 Å². The molecule has 0 bridgehead atoms. The monoisotopic (exact) mass is 431 g/mol. The highest BCUT2D eigenvalue weighted by atomic mass is 32.1. The number of para-hydroxylation sites is 2. The molecule has 0 atom stereocenters. The molecule has 4 aromatic rings. The summed E-state index contributed by atoms with van der Waals surface area (Å²) in [5, 5.41) is 1.15. The Kier molecular flexibility index (Phi) is 5.42. The normalized spacial score (nSPS) is 14.3. The van der Waals surface area contributed by atoms with Gasteiger partial charge >= 0.3 is 0 Å². The zero-order valence-electron chi connectivity index (χ0n) is 17.8. The molecule has 0 radical (unpaired) electrons. The Bertz CT molecular complexity index is 1190. The van der Waals surface area contributed by atoms with E-state index in [9.17, 15) is 0 Å². The van der Waals surface area contributed by atoms with E-state index in [0.29, 0.717) is 0 Å². The first kappa shape index (κ1) is 19.8. The number of pyridine rings is 1. The molecule has 4 heterocycles. The quantitative estimate of drug-likeness (QED) is 0.458. The van der Waals surface area contributed by atoms with E-state index in [2.05, 4.69) is 39.9 Å². The Labute approximate surface area is 186 Å². The van der Waals surface area contributed by atoms with Gasteiger partial charge in [0.15, 0.2) is 5.82 Å². The smallest absolute Gasteiger partial charge is 0.164 e. The second-order valence-electron chi connectivity index (χ2n) is 7.54. The number of rotatable bonds is 5. The molecular formula is C24H25N5OS. The van der Waals surface area contributed by atoms with E-state index in [0.717, 1.165) is 71.5 Å². The molecule has 1 saturated heterocycles. The van der Waals surface area contributed by atoms with Crippen molar-refractivity contribution in [3.63, 3.8) is 0 Å². The van der Waals surface area contributed by atoms with E-state index in [1.54, 1.807) is 24.6 Å². The minimum atomic E-state index is 0.743. The molecule has 0 spiro atoms. The number of thiophene rings is 1. The maximum Gasteiger partial charge on any atom is 0.164 e. The first-order valence-corrected chi connectivity index (χ1v) is 11.4. The molecule has 0 saturated carbocycles. The van der Waals surface area contributed by atoms with Crippen molar-refractivity contribution in [2.45, 2.75) is 13.3 Å². The Morgan fingerprint density at radius 2 is 1.81 bits per heavy atom. The lowest BCUT2D eigenvalue weighted by Crippen LogP contribution is -2.47. The molecular weight excluding hydrogens is 406 g/mol. The van der Waals surface area contributed by atoms with Gasteiger partial charge in [-0.05, 0) is 36.8 Å². The topological polar surface area (TPSA) is 54.4 Å². The molecule has 158 valence electrons. The maximum atomic E-state index is 5.57. The Morgan fingerprint density at radius 3 is 2.55 bits per heavy atom. The predicted molar refractivity (Wildman–Crippen MR) is 127 cm³/mol. The predicted octanol–water partition coefficient (Wildman–Crippen LogP) is 4.65. The SMILES string of the molecule is CCc1cc2c(N3CCN(c4ccccc4OC)CC3)nc(-c3cccnc3)nc2s1. The van der Waals surface area contributed by atoms with E-state index < -0.39 is 0 Å². The van der Waals surface area contributed by atoms with Gasteiger partial charge in [-0.15, -0.1) is 11.3 Å². The molecule has 3 aromatic heterocycles. The van der Waals surface area contributed by atoms with Crippen molar-refractivity contribution in [2.24, 2.45) is 0 Å². The van der Waals surface area contributed by atoms with E-state index in [1.165, 1.54) is 4.88 Å². The molecule has 31 heavy (non-hydrogen) atoms. The number of methoxy groups -OCH3 is 1. The fourth-order valence-corrected chi connectivity index (χ4v) is 5.01. The van der Waals surface area contributed by atoms with Crippen LogP contribution in [-0.4, -0.2) is 48.2 Å². The van der Waals surface area contributed by atoms with Crippen LogP contribution in [0, 0.1) is 0 Å². The van der Waals surface area contributed by atoms with Gasteiger partial charge in [0.1, 0.15) is 16.4 Å². The van der Waals surface area contributed by atoms with Crippen molar-refractivity contribution in [3.8, 4) is 17.1 Å². The summed E-state index contributed by atoms with van der Waals surface area (Å²) in [6.07, 6.45) is 4.61. The van der Waals surface area contributed by atoms with Gasteiger partial charge in [0.05, 0.1) is 18.2 Å². The van der Waals surface area contributed by atoms with Crippen molar-refractivity contribution in [2.75, 3.05) is 43.1 Å². The van der Waals surface area contributed by atoms with Gasteiger partial charge in [0.25, 0.3) is 0 Å². The number of fused-ring (bicyclic) bond motifs is 1. The largest absolute Gasteiger partial charge is 0.495 e. The lowest BCUT2D eigenvalue weighted by atomic mass is 10.2. The van der Waals surface area contributed by atoms with E-state index in [-0.39, 0.29) is 0 Å². The van der Waals surface area contributed by atoms with Crippen molar-refractivity contribution < 1.29 is 4.74 Å². The van der Waals surface area contributed by atoms with Crippen LogP contribution in [0.1, 0.15) is 11.8 Å². The number of hydrogen-bond acceptors (Lipinski definition) is 7. The number of nitrogens with zero attached hydrogens (tertiary/aromatic N) is 5. The summed E-state index contributed by atoms with van der Waals surface area (Å²) in [4.78, 5) is 21.3. The fraction of sp³-hybridized carbons (Fsp3) is 0.292. The van der Waals surface area contributed by atoms with Crippen LogP contribution < -0.4 is 14.5 Å². The number of benzene rings is 1. The minimum absolute atomic E-state index is 0.743. The standard InChI is InChI=1S/C24H25N5OS/c1-3-18-15-19-23(26-22(27-24(19)31-18)17-7-6-10-25-16-17)29-13-11-28(12-14-29)20-8-4-5-9-21(20)30-2/h4-10,15-16H,3,11-14H2,1-2H3. The number of piperazine rings is 1. The third-order valence-electron chi connectivity index (χ3n) is 5.70. The van der Waals surface area contributed by atoms with Crippen LogP contribution in [0.3, 0.4) is 0 Å². The highest BCUT2D eigenvalue weighted by molar-refractivity contribution is 7.18. The fourth-order valence-electron chi connectivity index (χ4n) is 4.05. The maximum absolute atomic E-state index is 5.57. The summed E-state index contributed by atoms with van der Waals surface area (Å²) in [5.74, 6) is 2.69. The third kappa shape index (κ3) is 3.81. The molecule has 7 heteroatoms. The Morgan fingerprint density at radius 1 is 1.00 bits per heavy atom. The average Bonchev–Trinajstić information content (AvgIpc) is 3.27. The molecule has 1 fully saturated rings. The van der Waals surface area contributed by atoms with Crippen LogP contribution in [0.15, 0.2) is 54.9 Å². The number of aryl methyl sites for hydroxylation is 1. The molecule has 1 aliphatic heterocycles. The second kappa shape index (κ2) is 8.51. The summed E-state index contributed by atoms with van der Waals surface area (Å²) in [7, 11) is 1.73.